The fourth-order valence-electron chi connectivity index (χ4n) is 1.70. The molecule has 8 nitrogen and oxygen atoms in total. The number of aliphatic carboxylic acids is 1. The Morgan fingerprint density at radius 2 is 2.05 bits per heavy atom. The fourth-order valence-corrected chi connectivity index (χ4v) is 1.70. The Morgan fingerprint density at radius 1 is 1.36 bits per heavy atom. The molecule has 0 fully saturated rings. The summed E-state index contributed by atoms with van der Waals surface area (Å²) in [6.07, 6.45) is 0.883. The van der Waals surface area contributed by atoms with E-state index in [4.69, 9.17) is 9.90 Å². The molecule has 0 bridgehead atoms. The van der Waals surface area contributed by atoms with Gasteiger partial charge in [-0.25, -0.2) is 14.8 Å². The molecule has 2 aliphatic rings. The average Bonchev–Trinajstić information content (AvgIpc) is 2.71. The Hall–Kier alpha value is -2.98. The van der Waals surface area contributed by atoms with E-state index < -0.39 is 12.1 Å². The standard InChI is InChI=1S/C9H7N5O.C2HF3O2/c15-9-7-5-1-10-3-12-8(5)14-6(7)2-11-4-13-9;3-2(4,5)1(6)7/h1-4,8,14H,(H,10,12);(H,6,7). The van der Waals surface area contributed by atoms with Gasteiger partial charge in [0, 0.05) is 11.8 Å². The van der Waals surface area contributed by atoms with E-state index in [1.54, 1.807) is 18.7 Å². The lowest BCUT2D eigenvalue weighted by Crippen LogP contribution is -2.21. The molecule has 0 saturated heterocycles. The number of nitrogens with zero attached hydrogens (tertiary/aromatic N) is 3. The van der Waals surface area contributed by atoms with Crippen molar-refractivity contribution in [2.24, 2.45) is 4.99 Å². The molecule has 0 saturated carbocycles. The van der Waals surface area contributed by atoms with E-state index in [2.05, 4.69) is 25.6 Å². The average molecular weight is 315 g/mol. The second-order valence-electron chi connectivity index (χ2n) is 4.01. The first-order chi connectivity index (χ1) is 10.3. The number of hydrogen-bond acceptors (Lipinski definition) is 7. The Bertz CT molecular complexity index is 717. The lowest BCUT2D eigenvalue weighted by molar-refractivity contribution is -0.192. The number of carbonyl (C=O) groups is 1. The van der Waals surface area contributed by atoms with Crippen LogP contribution in [-0.2, 0) is 4.79 Å². The Kier molecular flexibility index (Phi) is 4.06. The molecule has 3 heterocycles. The zero-order chi connectivity index (χ0) is 16.3. The van der Waals surface area contributed by atoms with Gasteiger partial charge in [0.05, 0.1) is 23.8 Å². The fraction of sp³-hybridized carbons (Fsp3) is 0.182. The van der Waals surface area contributed by atoms with E-state index >= 15 is 0 Å². The molecule has 2 aliphatic heterocycles. The van der Waals surface area contributed by atoms with Crippen LogP contribution in [0.5, 0.6) is 0 Å². The van der Waals surface area contributed by atoms with Crippen LogP contribution in [0.25, 0.3) is 5.57 Å². The molecule has 0 amide bonds. The van der Waals surface area contributed by atoms with Gasteiger partial charge in [-0.15, -0.1) is 0 Å². The van der Waals surface area contributed by atoms with Crippen molar-refractivity contribution >= 4 is 23.6 Å². The number of aliphatic imine (C=N–C) groups is 1. The monoisotopic (exact) mass is 315 g/mol. The lowest BCUT2D eigenvalue weighted by Gasteiger charge is -2.11. The number of alkyl halides is 3. The molecule has 3 N–H and O–H groups in total. The minimum Gasteiger partial charge on any atom is -0.475 e. The van der Waals surface area contributed by atoms with E-state index in [0.717, 1.165) is 5.57 Å². The molecule has 0 spiro atoms. The summed E-state index contributed by atoms with van der Waals surface area (Å²) in [7, 11) is 0. The number of rotatable bonds is 0. The van der Waals surface area contributed by atoms with Gasteiger partial charge in [-0.3, -0.25) is 4.79 Å². The SMILES string of the molecule is O=C(O)C(F)(F)F.O=c1ncncc2c1C1=CNC=NC1N2. The summed E-state index contributed by atoms with van der Waals surface area (Å²) in [6.45, 7) is 0. The predicted molar refractivity (Wildman–Crippen MR) is 69.0 cm³/mol. The number of fused-ring (bicyclic) bond motifs is 3. The van der Waals surface area contributed by atoms with Crippen LogP contribution in [-0.4, -0.2) is 39.7 Å². The summed E-state index contributed by atoms with van der Waals surface area (Å²) >= 11 is 0. The molecule has 0 aromatic carbocycles. The summed E-state index contributed by atoms with van der Waals surface area (Å²) in [5.74, 6) is -2.76. The van der Waals surface area contributed by atoms with Gasteiger partial charge in [0.15, 0.2) is 0 Å². The maximum Gasteiger partial charge on any atom is 0.490 e. The van der Waals surface area contributed by atoms with E-state index in [1.807, 2.05) is 0 Å². The van der Waals surface area contributed by atoms with Crippen molar-refractivity contribution in [1.29, 1.82) is 0 Å². The highest BCUT2D eigenvalue weighted by atomic mass is 19.4. The second kappa shape index (κ2) is 5.79. The van der Waals surface area contributed by atoms with Crippen molar-refractivity contribution < 1.29 is 23.1 Å². The zero-order valence-electron chi connectivity index (χ0n) is 10.6. The van der Waals surface area contributed by atoms with Gasteiger partial charge in [-0.05, 0) is 0 Å². The molecule has 0 radical (unpaired) electrons. The summed E-state index contributed by atoms with van der Waals surface area (Å²) < 4.78 is 31.7. The van der Waals surface area contributed by atoms with Crippen molar-refractivity contribution in [3.63, 3.8) is 0 Å². The highest BCUT2D eigenvalue weighted by Crippen LogP contribution is 2.32. The first kappa shape index (κ1) is 15.4. The minimum absolute atomic E-state index is 0.194. The van der Waals surface area contributed by atoms with Crippen LogP contribution in [0.15, 0.2) is 28.5 Å². The third-order valence-electron chi connectivity index (χ3n) is 2.58. The largest absolute Gasteiger partial charge is 0.490 e. The lowest BCUT2D eigenvalue weighted by atomic mass is 10.1. The number of aromatic nitrogens is 2. The van der Waals surface area contributed by atoms with Gasteiger partial charge in [-0.2, -0.15) is 18.2 Å². The molecular formula is C11H8F3N5O3. The number of carboxylic acids is 1. The van der Waals surface area contributed by atoms with Gasteiger partial charge in [-0.1, -0.05) is 0 Å². The Balaban J connectivity index is 0.000000217. The van der Waals surface area contributed by atoms with Gasteiger partial charge in [0.1, 0.15) is 12.5 Å². The third-order valence-corrected chi connectivity index (χ3v) is 2.58. The van der Waals surface area contributed by atoms with Gasteiger partial charge in [0.25, 0.3) is 5.56 Å². The molecule has 11 heteroatoms. The summed E-state index contributed by atoms with van der Waals surface area (Å²) in [4.78, 5) is 32.2. The first-order valence-electron chi connectivity index (χ1n) is 5.70. The van der Waals surface area contributed by atoms with Crippen LogP contribution >= 0.6 is 0 Å². The summed E-state index contributed by atoms with van der Waals surface area (Å²) in [5, 5.41) is 13.1. The quantitative estimate of drug-likeness (QED) is 0.626. The van der Waals surface area contributed by atoms with Crippen molar-refractivity contribution in [3.8, 4) is 0 Å². The normalized spacial score (nSPS) is 17.8. The maximum atomic E-state index is 11.7. The number of hydrogen-bond donors (Lipinski definition) is 3. The summed E-state index contributed by atoms with van der Waals surface area (Å²) in [5.41, 5.74) is 1.74. The van der Waals surface area contributed by atoms with E-state index in [-0.39, 0.29) is 11.7 Å². The second-order valence-corrected chi connectivity index (χ2v) is 4.01. The van der Waals surface area contributed by atoms with Crippen LogP contribution in [0, 0.1) is 0 Å². The van der Waals surface area contributed by atoms with Gasteiger partial charge < -0.3 is 15.7 Å². The van der Waals surface area contributed by atoms with Crippen LogP contribution in [0.1, 0.15) is 5.56 Å². The molecule has 0 aliphatic carbocycles. The van der Waals surface area contributed by atoms with Crippen molar-refractivity contribution in [3.05, 3.63) is 34.6 Å². The number of halogens is 3. The molecule has 1 atom stereocenters. The van der Waals surface area contributed by atoms with E-state index in [1.165, 1.54) is 6.33 Å². The van der Waals surface area contributed by atoms with E-state index in [0.29, 0.717) is 11.3 Å². The molecule has 116 valence electrons. The molecule has 1 unspecified atom stereocenters. The molecule has 3 rings (SSSR count). The van der Waals surface area contributed by atoms with Crippen LogP contribution < -0.4 is 16.2 Å². The van der Waals surface area contributed by atoms with Crippen LogP contribution in [0.2, 0.25) is 0 Å². The molecule has 22 heavy (non-hydrogen) atoms. The predicted octanol–water partition coefficient (Wildman–Crippen LogP) is 0.194. The number of anilines is 1. The first-order valence-corrected chi connectivity index (χ1v) is 5.70. The van der Waals surface area contributed by atoms with Gasteiger partial charge >= 0.3 is 12.1 Å². The maximum absolute atomic E-state index is 11.7. The summed E-state index contributed by atoms with van der Waals surface area (Å²) in [6, 6.07) is 0. The van der Waals surface area contributed by atoms with Crippen molar-refractivity contribution in [1.82, 2.24) is 15.3 Å². The number of nitrogens with one attached hydrogen (secondary N) is 2. The molecular weight excluding hydrogens is 307 g/mol. The topological polar surface area (TPSA) is 117 Å². The van der Waals surface area contributed by atoms with Crippen LogP contribution in [0.3, 0.4) is 0 Å². The zero-order valence-corrected chi connectivity index (χ0v) is 10.6. The van der Waals surface area contributed by atoms with E-state index in [9.17, 15) is 18.0 Å². The Morgan fingerprint density at radius 3 is 2.68 bits per heavy atom. The molecule has 1 aromatic heterocycles. The highest BCUT2D eigenvalue weighted by Gasteiger charge is 2.38. The smallest absolute Gasteiger partial charge is 0.475 e. The molecule has 1 aromatic rings. The highest BCUT2D eigenvalue weighted by molar-refractivity contribution is 5.88. The minimum atomic E-state index is -5.08. The van der Waals surface area contributed by atoms with Crippen molar-refractivity contribution in [2.75, 3.05) is 5.32 Å². The number of carboxylic acid groups (broad SMARTS) is 1. The van der Waals surface area contributed by atoms with Crippen molar-refractivity contribution in [2.45, 2.75) is 12.3 Å². The Labute approximate surface area is 120 Å². The third kappa shape index (κ3) is 3.19. The van der Waals surface area contributed by atoms with Gasteiger partial charge in [0.2, 0.25) is 0 Å². The van der Waals surface area contributed by atoms with Crippen LogP contribution in [0.4, 0.5) is 18.9 Å².